The van der Waals surface area contributed by atoms with E-state index < -0.39 is 0 Å². The van der Waals surface area contributed by atoms with Crippen LogP contribution in [-0.4, -0.2) is 60.6 Å². The molecule has 24 heavy (non-hydrogen) atoms. The first kappa shape index (κ1) is 16.8. The van der Waals surface area contributed by atoms with E-state index in [4.69, 9.17) is 4.74 Å². The molecule has 0 spiro atoms. The van der Waals surface area contributed by atoms with Crippen molar-refractivity contribution in [3.05, 3.63) is 29.8 Å². The molecule has 1 aromatic rings. The summed E-state index contributed by atoms with van der Waals surface area (Å²) in [5, 5.41) is 2.95. The molecule has 6 nitrogen and oxygen atoms in total. The van der Waals surface area contributed by atoms with E-state index in [2.05, 4.69) is 12.2 Å². The zero-order valence-electron chi connectivity index (χ0n) is 14.3. The first-order valence-corrected chi connectivity index (χ1v) is 8.59. The van der Waals surface area contributed by atoms with E-state index in [-0.39, 0.29) is 24.0 Å². The number of aryl methyl sites for hydroxylation is 1. The largest absolute Gasteiger partial charge is 0.383 e. The van der Waals surface area contributed by atoms with Gasteiger partial charge >= 0.3 is 6.03 Å². The van der Waals surface area contributed by atoms with Crippen molar-refractivity contribution in [3.8, 4) is 0 Å². The Morgan fingerprint density at radius 2 is 2.04 bits per heavy atom. The molecule has 0 radical (unpaired) electrons. The summed E-state index contributed by atoms with van der Waals surface area (Å²) in [5.41, 5.74) is 2.03. The number of rotatable bonds is 5. The zero-order chi connectivity index (χ0) is 17.1. The van der Waals surface area contributed by atoms with Gasteiger partial charge in [-0.25, -0.2) is 4.79 Å². The Morgan fingerprint density at radius 1 is 1.29 bits per heavy atom. The van der Waals surface area contributed by atoms with Crippen LogP contribution in [0.2, 0.25) is 0 Å². The molecule has 2 aliphatic rings. The van der Waals surface area contributed by atoms with Crippen LogP contribution in [0.25, 0.3) is 0 Å². The van der Waals surface area contributed by atoms with Gasteiger partial charge in [0.05, 0.1) is 18.7 Å². The third-order valence-corrected chi connectivity index (χ3v) is 5.03. The number of anilines is 1. The maximum absolute atomic E-state index is 12.6. The number of carbonyl (C=O) groups is 2. The van der Waals surface area contributed by atoms with Gasteiger partial charge in [-0.3, -0.25) is 4.79 Å². The Labute approximate surface area is 142 Å². The Hall–Kier alpha value is -2.08. The molecule has 0 aliphatic carbocycles. The second kappa shape index (κ2) is 7.21. The number of amides is 3. The van der Waals surface area contributed by atoms with Crippen LogP contribution in [-0.2, 0) is 16.0 Å². The molecule has 0 bridgehead atoms. The van der Waals surface area contributed by atoms with Crippen LogP contribution in [0.4, 0.5) is 10.5 Å². The van der Waals surface area contributed by atoms with Crippen LogP contribution >= 0.6 is 0 Å². The lowest BCUT2D eigenvalue weighted by Crippen LogP contribution is -2.42. The highest BCUT2D eigenvalue weighted by Crippen LogP contribution is 2.32. The maximum Gasteiger partial charge on any atom is 0.322 e. The van der Waals surface area contributed by atoms with Gasteiger partial charge < -0.3 is 19.9 Å². The Kier molecular flexibility index (Phi) is 5.04. The maximum atomic E-state index is 12.6. The zero-order valence-corrected chi connectivity index (χ0v) is 14.3. The van der Waals surface area contributed by atoms with E-state index in [1.54, 1.807) is 7.11 Å². The molecule has 2 aliphatic heterocycles. The highest BCUT2D eigenvalue weighted by molar-refractivity contribution is 5.91. The van der Waals surface area contributed by atoms with Gasteiger partial charge in [-0.2, -0.15) is 0 Å². The number of hydrogen-bond acceptors (Lipinski definition) is 3. The number of hydrogen-bond donors (Lipinski definition) is 1. The van der Waals surface area contributed by atoms with Crippen LogP contribution < -0.4 is 5.32 Å². The van der Waals surface area contributed by atoms with Gasteiger partial charge in [0.1, 0.15) is 0 Å². The van der Waals surface area contributed by atoms with Gasteiger partial charge in [0.15, 0.2) is 0 Å². The summed E-state index contributed by atoms with van der Waals surface area (Å²) >= 11 is 0. The predicted molar refractivity (Wildman–Crippen MR) is 91.9 cm³/mol. The van der Waals surface area contributed by atoms with Gasteiger partial charge in [-0.15, -0.1) is 0 Å². The standard InChI is InChI=1S/C18H25N3O3/c1-3-13-4-6-14(7-5-13)19-18(23)21-9-8-15-16(21)12-17(22)20(15)10-11-24-2/h4-7,15-16H,3,8-12H2,1-2H3,(H,19,23). The smallest absolute Gasteiger partial charge is 0.322 e. The number of nitrogens with zero attached hydrogens (tertiary/aromatic N) is 2. The minimum absolute atomic E-state index is 0.0238. The van der Waals surface area contributed by atoms with Crippen LogP contribution in [0.1, 0.15) is 25.3 Å². The molecule has 3 amide bonds. The van der Waals surface area contributed by atoms with Crippen molar-refractivity contribution in [2.75, 3.05) is 32.1 Å². The third kappa shape index (κ3) is 3.24. The minimum Gasteiger partial charge on any atom is -0.383 e. The van der Waals surface area contributed by atoms with Gasteiger partial charge in [0.2, 0.25) is 5.91 Å². The lowest BCUT2D eigenvalue weighted by atomic mass is 10.1. The first-order chi connectivity index (χ1) is 11.6. The van der Waals surface area contributed by atoms with E-state index in [0.717, 1.165) is 18.5 Å². The number of methoxy groups -OCH3 is 1. The number of ether oxygens (including phenoxy) is 1. The van der Waals surface area contributed by atoms with Crippen molar-refractivity contribution >= 4 is 17.6 Å². The molecule has 6 heteroatoms. The van der Waals surface area contributed by atoms with Gasteiger partial charge in [-0.05, 0) is 30.5 Å². The summed E-state index contributed by atoms with van der Waals surface area (Å²) in [4.78, 5) is 28.5. The van der Waals surface area contributed by atoms with Crippen LogP contribution in [0.3, 0.4) is 0 Å². The highest BCUT2D eigenvalue weighted by Gasteiger charge is 2.48. The van der Waals surface area contributed by atoms with Crippen molar-refractivity contribution in [2.24, 2.45) is 0 Å². The summed E-state index contributed by atoms with van der Waals surface area (Å²) in [7, 11) is 1.64. The van der Waals surface area contributed by atoms with Crippen molar-refractivity contribution < 1.29 is 14.3 Å². The molecule has 2 saturated heterocycles. The van der Waals surface area contributed by atoms with Crippen LogP contribution in [0.15, 0.2) is 24.3 Å². The first-order valence-electron chi connectivity index (χ1n) is 8.59. The lowest BCUT2D eigenvalue weighted by molar-refractivity contribution is -0.129. The second-order valence-electron chi connectivity index (χ2n) is 6.38. The normalized spacial score (nSPS) is 22.8. The van der Waals surface area contributed by atoms with E-state index >= 15 is 0 Å². The summed E-state index contributed by atoms with van der Waals surface area (Å²) < 4.78 is 5.09. The molecular weight excluding hydrogens is 306 g/mol. The predicted octanol–water partition coefficient (Wildman–Crippen LogP) is 2.10. The van der Waals surface area contributed by atoms with E-state index in [0.29, 0.717) is 26.1 Å². The molecule has 0 aromatic heterocycles. The Bertz CT molecular complexity index is 602. The quantitative estimate of drug-likeness (QED) is 0.899. The molecule has 1 aromatic carbocycles. The van der Waals surface area contributed by atoms with E-state index in [9.17, 15) is 9.59 Å². The van der Waals surface area contributed by atoms with Gasteiger partial charge in [0.25, 0.3) is 0 Å². The lowest BCUT2D eigenvalue weighted by Gasteiger charge is -2.25. The van der Waals surface area contributed by atoms with Crippen molar-refractivity contribution in [2.45, 2.75) is 38.3 Å². The number of fused-ring (bicyclic) bond motifs is 1. The topological polar surface area (TPSA) is 61.9 Å². The fraction of sp³-hybridized carbons (Fsp3) is 0.556. The fourth-order valence-electron chi connectivity index (χ4n) is 3.68. The highest BCUT2D eigenvalue weighted by atomic mass is 16.5. The molecule has 3 rings (SSSR count). The molecule has 0 saturated carbocycles. The molecule has 2 fully saturated rings. The molecule has 2 heterocycles. The van der Waals surface area contributed by atoms with Crippen molar-refractivity contribution in [1.29, 1.82) is 0 Å². The molecule has 2 atom stereocenters. The summed E-state index contributed by atoms with van der Waals surface area (Å²) in [6.45, 7) is 3.92. The van der Waals surface area contributed by atoms with Crippen LogP contribution in [0, 0.1) is 0 Å². The molecular formula is C18H25N3O3. The summed E-state index contributed by atoms with van der Waals surface area (Å²) in [6, 6.07) is 7.88. The minimum atomic E-state index is -0.117. The van der Waals surface area contributed by atoms with Gasteiger partial charge in [-0.1, -0.05) is 19.1 Å². The third-order valence-electron chi connectivity index (χ3n) is 5.03. The molecule has 1 N–H and O–H groups in total. The van der Waals surface area contributed by atoms with E-state index in [1.165, 1.54) is 5.56 Å². The van der Waals surface area contributed by atoms with Gasteiger partial charge in [0, 0.05) is 32.3 Å². The van der Waals surface area contributed by atoms with Crippen molar-refractivity contribution in [1.82, 2.24) is 9.80 Å². The van der Waals surface area contributed by atoms with Crippen molar-refractivity contribution in [3.63, 3.8) is 0 Å². The SMILES string of the molecule is CCc1ccc(NC(=O)N2CCC3C2CC(=O)N3CCOC)cc1. The molecule has 130 valence electrons. The van der Waals surface area contributed by atoms with E-state index in [1.807, 2.05) is 34.1 Å². The summed E-state index contributed by atoms with van der Waals surface area (Å²) in [5.74, 6) is 0.117. The average molecular weight is 331 g/mol. The number of carbonyl (C=O) groups excluding carboxylic acids is 2. The number of benzene rings is 1. The fourth-order valence-corrected chi connectivity index (χ4v) is 3.68. The Balaban J connectivity index is 1.63. The number of likely N-dealkylation sites (tertiary alicyclic amines) is 2. The monoisotopic (exact) mass is 331 g/mol. The summed E-state index contributed by atoms with van der Waals surface area (Å²) in [6.07, 6.45) is 2.22. The average Bonchev–Trinajstić information content (AvgIpc) is 3.12. The number of nitrogens with one attached hydrogen (secondary N) is 1. The Morgan fingerprint density at radius 3 is 2.71 bits per heavy atom. The number of urea groups is 1. The molecule has 2 unspecified atom stereocenters. The van der Waals surface area contributed by atoms with Crippen LogP contribution in [0.5, 0.6) is 0 Å². The second-order valence-corrected chi connectivity index (χ2v) is 6.38.